The summed E-state index contributed by atoms with van der Waals surface area (Å²) in [6, 6.07) is 0. The Morgan fingerprint density at radius 2 is 2.21 bits per heavy atom. The Labute approximate surface area is 83.2 Å². The third-order valence-electron chi connectivity index (χ3n) is 2.34. The van der Waals surface area contributed by atoms with Gasteiger partial charge in [-0.1, -0.05) is 12.7 Å². The summed E-state index contributed by atoms with van der Waals surface area (Å²) < 4.78 is 0. The number of ketones is 1. The molecule has 0 fully saturated rings. The Kier molecular flexibility index (Phi) is 2.29. The third kappa shape index (κ3) is 1.40. The number of carbonyl (C=O) groups is 1. The maximum absolute atomic E-state index is 11.5. The standard InChI is InChI=1S/C12H11NO/c1-2-8-13-9-4-5-10-11(13)6-3-7-12(10)14/h2-7,9H,1,8H2/p+1. The van der Waals surface area contributed by atoms with Crippen molar-refractivity contribution >= 4 is 5.78 Å². The summed E-state index contributed by atoms with van der Waals surface area (Å²) in [6.45, 7) is 4.51. The van der Waals surface area contributed by atoms with Crippen LogP contribution in [0.2, 0.25) is 0 Å². The average molecular weight is 186 g/mol. The number of hydrogen-bond donors (Lipinski definition) is 1. The highest BCUT2D eigenvalue weighted by Gasteiger charge is 2.24. The van der Waals surface area contributed by atoms with E-state index in [9.17, 15) is 4.79 Å². The summed E-state index contributed by atoms with van der Waals surface area (Å²) in [5, 5.41) is 0. The predicted molar refractivity (Wildman–Crippen MR) is 55.5 cm³/mol. The molecule has 0 saturated carbocycles. The maximum Gasteiger partial charge on any atom is 0.191 e. The van der Waals surface area contributed by atoms with Gasteiger partial charge >= 0.3 is 0 Å². The van der Waals surface area contributed by atoms with Crippen LogP contribution in [0.25, 0.3) is 0 Å². The quantitative estimate of drug-likeness (QED) is 0.624. The monoisotopic (exact) mass is 186 g/mol. The molecule has 2 rings (SSSR count). The number of allylic oxidation sites excluding steroid dienone is 6. The average Bonchev–Trinajstić information content (AvgIpc) is 2.20. The zero-order valence-electron chi connectivity index (χ0n) is 7.86. The molecule has 1 heterocycles. The molecule has 0 aromatic heterocycles. The van der Waals surface area contributed by atoms with Crippen molar-refractivity contribution in [3.8, 4) is 0 Å². The van der Waals surface area contributed by atoms with E-state index in [-0.39, 0.29) is 5.78 Å². The summed E-state index contributed by atoms with van der Waals surface area (Å²) in [7, 11) is 0. The summed E-state index contributed by atoms with van der Waals surface area (Å²) in [5.74, 6) is 0.0911. The summed E-state index contributed by atoms with van der Waals surface area (Å²) in [6.07, 6.45) is 13.1. The molecule has 2 heteroatoms. The second kappa shape index (κ2) is 3.60. The smallest absolute Gasteiger partial charge is 0.191 e. The first-order valence-electron chi connectivity index (χ1n) is 4.61. The van der Waals surface area contributed by atoms with Gasteiger partial charge in [0.25, 0.3) is 0 Å². The highest BCUT2D eigenvalue weighted by atomic mass is 16.1. The molecule has 0 amide bonds. The Bertz CT molecular complexity index is 397. The van der Waals surface area contributed by atoms with Crippen LogP contribution in [-0.2, 0) is 4.79 Å². The van der Waals surface area contributed by atoms with Gasteiger partial charge in [0.15, 0.2) is 5.78 Å². The van der Waals surface area contributed by atoms with Crippen LogP contribution in [0.3, 0.4) is 0 Å². The van der Waals surface area contributed by atoms with Gasteiger partial charge in [0.1, 0.15) is 12.2 Å². The Morgan fingerprint density at radius 1 is 1.36 bits per heavy atom. The zero-order chi connectivity index (χ0) is 9.97. The lowest BCUT2D eigenvalue weighted by molar-refractivity contribution is -0.795. The molecule has 0 radical (unpaired) electrons. The minimum atomic E-state index is 0.0911. The fourth-order valence-electron chi connectivity index (χ4n) is 1.68. The highest BCUT2D eigenvalue weighted by molar-refractivity contribution is 6.08. The molecule has 1 N–H and O–H groups in total. The molecule has 1 unspecified atom stereocenters. The molecule has 0 aromatic rings. The number of rotatable bonds is 2. The predicted octanol–water partition coefficient (Wildman–Crippen LogP) is 0.534. The first-order valence-corrected chi connectivity index (χ1v) is 4.61. The van der Waals surface area contributed by atoms with E-state index in [2.05, 4.69) is 6.58 Å². The lowest BCUT2D eigenvalue weighted by Crippen LogP contribution is -3.06. The molecule has 14 heavy (non-hydrogen) atoms. The van der Waals surface area contributed by atoms with E-state index in [0.29, 0.717) is 0 Å². The lowest BCUT2D eigenvalue weighted by atomic mass is 9.99. The molecule has 2 aliphatic rings. The van der Waals surface area contributed by atoms with Crippen molar-refractivity contribution in [1.29, 1.82) is 0 Å². The molecule has 0 bridgehead atoms. The summed E-state index contributed by atoms with van der Waals surface area (Å²) in [5.41, 5.74) is 1.84. The second-order valence-corrected chi connectivity index (χ2v) is 3.26. The molecule has 0 saturated heterocycles. The third-order valence-corrected chi connectivity index (χ3v) is 2.34. The fraction of sp³-hybridized carbons (Fsp3) is 0.0833. The minimum Gasteiger partial charge on any atom is -0.289 e. The van der Waals surface area contributed by atoms with Crippen LogP contribution in [-0.4, -0.2) is 12.3 Å². The van der Waals surface area contributed by atoms with Crippen molar-refractivity contribution in [2.24, 2.45) is 0 Å². The van der Waals surface area contributed by atoms with Gasteiger partial charge in [-0.3, -0.25) is 9.69 Å². The molecule has 1 atom stereocenters. The van der Waals surface area contributed by atoms with E-state index >= 15 is 0 Å². The Balaban J connectivity index is 2.37. The lowest BCUT2D eigenvalue weighted by Gasteiger charge is -2.20. The highest BCUT2D eigenvalue weighted by Crippen LogP contribution is 2.13. The second-order valence-electron chi connectivity index (χ2n) is 3.26. The molecule has 1 aliphatic carbocycles. The molecule has 2 nitrogen and oxygen atoms in total. The van der Waals surface area contributed by atoms with Crippen LogP contribution in [0, 0.1) is 0 Å². The fourth-order valence-corrected chi connectivity index (χ4v) is 1.68. The van der Waals surface area contributed by atoms with Crippen molar-refractivity contribution in [2.75, 3.05) is 6.54 Å². The van der Waals surface area contributed by atoms with Crippen LogP contribution >= 0.6 is 0 Å². The van der Waals surface area contributed by atoms with Crippen LogP contribution in [0.4, 0.5) is 0 Å². The van der Waals surface area contributed by atoms with E-state index in [4.69, 9.17) is 0 Å². The van der Waals surface area contributed by atoms with E-state index in [1.54, 1.807) is 12.2 Å². The van der Waals surface area contributed by atoms with Gasteiger partial charge in [0.2, 0.25) is 0 Å². The van der Waals surface area contributed by atoms with Gasteiger partial charge in [-0.05, 0) is 24.3 Å². The molecule has 1 aliphatic heterocycles. The Hall–Kier alpha value is -1.67. The molecular formula is C12H12NO+. The van der Waals surface area contributed by atoms with Crippen molar-refractivity contribution in [3.05, 3.63) is 60.5 Å². The molecular weight excluding hydrogens is 174 g/mol. The van der Waals surface area contributed by atoms with Crippen LogP contribution in [0.1, 0.15) is 0 Å². The maximum atomic E-state index is 11.5. The molecule has 70 valence electrons. The molecule has 0 spiro atoms. The van der Waals surface area contributed by atoms with Crippen molar-refractivity contribution in [1.82, 2.24) is 0 Å². The number of hydrogen-bond acceptors (Lipinski definition) is 1. The van der Waals surface area contributed by atoms with Crippen molar-refractivity contribution in [2.45, 2.75) is 0 Å². The molecule has 0 aromatic carbocycles. The van der Waals surface area contributed by atoms with E-state index in [0.717, 1.165) is 22.7 Å². The van der Waals surface area contributed by atoms with Crippen LogP contribution in [0.15, 0.2) is 60.5 Å². The summed E-state index contributed by atoms with van der Waals surface area (Å²) in [4.78, 5) is 12.7. The number of carbonyl (C=O) groups excluding carboxylic acids is 1. The SMILES string of the molecule is C=CC[NH+]1C=CC=C2C(=O)C=CC=C21. The van der Waals surface area contributed by atoms with Crippen LogP contribution < -0.4 is 4.90 Å². The van der Waals surface area contributed by atoms with Gasteiger partial charge in [-0.15, -0.1) is 0 Å². The van der Waals surface area contributed by atoms with E-state index < -0.39 is 0 Å². The zero-order valence-corrected chi connectivity index (χ0v) is 7.86. The topological polar surface area (TPSA) is 21.5 Å². The van der Waals surface area contributed by atoms with Gasteiger partial charge in [0.05, 0.1) is 11.8 Å². The van der Waals surface area contributed by atoms with Gasteiger partial charge < -0.3 is 0 Å². The normalized spacial score (nSPS) is 24.0. The van der Waals surface area contributed by atoms with Gasteiger partial charge in [0, 0.05) is 6.08 Å². The van der Waals surface area contributed by atoms with E-state index in [1.165, 1.54) is 0 Å². The first kappa shape index (κ1) is 8.91. The van der Waals surface area contributed by atoms with E-state index in [1.807, 2.05) is 30.5 Å². The van der Waals surface area contributed by atoms with Crippen LogP contribution in [0.5, 0.6) is 0 Å². The number of fused-ring (bicyclic) bond motifs is 1. The van der Waals surface area contributed by atoms with Gasteiger partial charge in [-0.2, -0.15) is 0 Å². The first-order chi connectivity index (χ1) is 6.83. The number of nitrogens with one attached hydrogen (secondary N) is 1. The largest absolute Gasteiger partial charge is 0.289 e. The van der Waals surface area contributed by atoms with Crippen molar-refractivity contribution in [3.63, 3.8) is 0 Å². The van der Waals surface area contributed by atoms with Crippen molar-refractivity contribution < 1.29 is 9.69 Å². The minimum absolute atomic E-state index is 0.0911. The number of quaternary nitrogens is 1. The summed E-state index contributed by atoms with van der Waals surface area (Å²) >= 11 is 0. The Morgan fingerprint density at radius 3 is 3.00 bits per heavy atom. The van der Waals surface area contributed by atoms with Gasteiger partial charge in [-0.25, -0.2) is 0 Å².